The van der Waals surface area contributed by atoms with Gasteiger partial charge in [0.2, 0.25) is 0 Å². The van der Waals surface area contributed by atoms with Crippen LogP contribution in [0.4, 0.5) is 0 Å². The Morgan fingerprint density at radius 2 is 0.429 bits per heavy atom. The molecule has 7 heavy (non-hydrogen) atoms. The molecular weight excluding hydrogens is 422 g/mol. The molecule has 0 heterocycles. The minimum absolute atomic E-state index is 0. The van der Waals surface area contributed by atoms with Crippen molar-refractivity contribution in [2.75, 3.05) is 0 Å². The van der Waals surface area contributed by atoms with Crippen LogP contribution in [-0.4, -0.2) is 115 Å². The fraction of sp³-hybridized carbons (Fsp3) is 0. The average molecular weight is 422 g/mol. The molecule has 0 aliphatic carbocycles. The van der Waals surface area contributed by atoms with E-state index in [-0.39, 0.29) is 169 Å². The van der Waals surface area contributed by atoms with E-state index in [1.54, 1.807) is 0 Å². The Kier molecular flexibility index (Phi) is 352. The van der Waals surface area contributed by atoms with Crippen LogP contribution in [0, 0.1) is 0 Å². The van der Waals surface area contributed by atoms with Gasteiger partial charge >= 0.3 is 115 Å². The van der Waals surface area contributed by atoms with Gasteiger partial charge in [0.25, 0.3) is 0 Å². The summed E-state index contributed by atoms with van der Waals surface area (Å²) in [4.78, 5) is 0. The van der Waals surface area contributed by atoms with Crippen LogP contribution in [0.1, 0.15) is 0 Å². The van der Waals surface area contributed by atoms with Crippen LogP contribution in [0.25, 0.3) is 0 Å². The molecule has 0 aromatic carbocycles. The molecule has 0 nitrogen and oxygen atoms in total. The quantitative estimate of drug-likeness (QED) is 0.433. The van der Waals surface area contributed by atoms with E-state index in [1.807, 2.05) is 0 Å². The van der Waals surface area contributed by atoms with Crippen molar-refractivity contribution in [2.24, 2.45) is 0 Å². The predicted molar refractivity (Wildman–Crippen MR) is 46.7 cm³/mol. The summed E-state index contributed by atoms with van der Waals surface area (Å²) in [6.07, 6.45) is 0. The van der Waals surface area contributed by atoms with E-state index in [1.165, 1.54) is 0 Å². The molecule has 32 valence electrons. The summed E-state index contributed by atoms with van der Waals surface area (Å²) in [5, 5.41) is 0. The third-order valence-corrected chi connectivity index (χ3v) is 0. The Labute approximate surface area is 164 Å². The Morgan fingerprint density at radius 3 is 0.429 bits per heavy atom. The van der Waals surface area contributed by atoms with Crippen molar-refractivity contribution in [3.8, 4) is 0 Å². The van der Waals surface area contributed by atoms with Crippen molar-refractivity contribution in [3.05, 3.63) is 0 Å². The van der Waals surface area contributed by atoms with Crippen LogP contribution in [0.5, 0.6) is 0 Å². The molecule has 0 saturated heterocycles. The fourth-order valence-corrected chi connectivity index (χ4v) is 0. The average Bonchev–Trinajstić information content (AvgIpc) is 0. The van der Waals surface area contributed by atoms with E-state index in [2.05, 4.69) is 0 Å². The summed E-state index contributed by atoms with van der Waals surface area (Å²) in [7, 11) is 0. The van der Waals surface area contributed by atoms with E-state index < -0.39 is 0 Å². The van der Waals surface area contributed by atoms with E-state index in [0.717, 1.165) is 0 Å². The summed E-state index contributed by atoms with van der Waals surface area (Å²) < 4.78 is 0. The van der Waals surface area contributed by atoms with Gasteiger partial charge in [-0.1, -0.05) is 0 Å². The van der Waals surface area contributed by atoms with E-state index in [0.29, 0.717) is 0 Å². The molecule has 7 heteroatoms. The largest absolute Gasteiger partial charge is 4.00 e. The topological polar surface area (TPSA) is 0 Å². The predicted octanol–water partition coefficient (Wildman–Crippen LogP) is -1.15. The summed E-state index contributed by atoms with van der Waals surface area (Å²) in [5.74, 6) is 0. The van der Waals surface area contributed by atoms with Gasteiger partial charge in [0.05, 0.1) is 0 Å². The number of rotatable bonds is 0. The maximum Gasteiger partial charge on any atom is 4.00 e. The van der Waals surface area contributed by atoms with Gasteiger partial charge in [-0.05, 0) is 0 Å². The van der Waals surface area contributed by atoms with Crippen LogP contribution >= 0.6 is 0 Å². The summed E-state index contributed by atoms with van der Waals surface area (Å²) in [6.45, 7) is 0. The Balaban J connectivity index is 0. The second-order valence-electron chi connectivity index (χ2n) is 0. The molecule has 0 fully saturated rings. The normalized spacial score (nSPS) is 0. The Hall–Kier alpha value is 5.16. The number of hydrogen-bond acceptors (Lipinski definition) is 0. The zero-order chi connectivity index (χ0) is 0. The van der Waals surface area contributed by atoms with E-state index in [4.69, 9.17) is 0 Å². The SMILES string of the molecule is [S-2].[S-2].[S-2].[S-2].[Sn+4].[Sr+2].[Sr+2]. The molecule has 0 aromatic heterocycles. The summed E-state index contributed by atoms with van der Waals surface area (Å²) >= 11 is 0. The monoisotopic (exact) mass is 424 g/mol. The second kappa shape index (κ2) is 43.3. The van der Waals surface area contributed by atoms with Gasteiger partial charge in [-0.3, -0.25) is 0 Å². The third-order valence-electron chi connectivity index (χ3n) is 0. The minimum Gasteiger partial charge on any atom is -2.00 e. The van der Waals surface area contributed by atoms with Crippen molar-refractivity contribution in [1.82, 2.24) is 0 Å². The van der Waals surface area contributed by atoms with Gasteiger partial charge in [-0.2, -0.15) is 0 Å². The third kappa shape index (κ3) is 35.2. The van der Waals surface area contributed by atoms with Gasteiger partial charge in [0, 0.05) is 0 Å². The van der Waals surface area contributed by atoms with Gasteiger partial charge < -0.3 is 54.0 Å². The molecule has 0 unspecified atom stereocenters. The van der Waals surface area contributed by atoms with Crippen molar-refractivity contribution in [2.45, 2.75) is 0 Å². The van der Waals surface area contributed by atoms with Gasteiger partial charge in [-0.25, -0.2) is 0 Å². The summed E-state index contributed by atoms with van der Waals surface area (Å²) in [5.41, 5.74) is 0. The molecule has 0 aromatic rings. The van der Waals surface area contributed by atoms with Crippen LogP contribution in [0.2, 0.25) is 0 Å². The Bertz CT molecular complexity index is 9.65. The standard InChI is InChI=1S/4S.Sn.2Sr/q4*-2;+4;2*+2. The van der Waals surface area contributed by atoms with E-state index in [9.17, 15) is 0 Å². The smallest absolute Gasteiger partial charge is 2.00 e. The second-order valence-corrected chi connectivity index (χ2v) is 0. The van der Waals surface area contributed by atoms with Gasteiger partial charge in [0.15, 0.2) is 0 Å². The maximum absolute atomic E-state index is 0. The minimum atomic E-state index is 0. The fourth-order valence-electron chi connectivity index (χ4n) is 0. The molecule has 0 bridgehead atoms. The molecular formula is S4SnSr2. The zero-order valence-corrected chi connectivity index (χ0v) is 16.6. The van der Waals surface area contributed by atoms with Crippen LogP contribution in [0.3, 0.4) is 0 Å². The van der Waals surface area contributed by atoms with Crippen molar-refractivity contribution < 1.29 is 0 Å². The zero-order valence-electron chi connectivity index (χ0n) is 3.55. The Morgan fingerprint density at radius 1 is 0.429 bits per heavy atom. The van der Waals surface area contributed by atoms with Crippen molar-refractivity contribution >= 4 is 169 Å². The molecule has 0 atom stereocenters. The number of hydrogen-bond donors (Lipinski definition) is 0. The molecule has 0 spiro atoms. The first kappa shape index (κ1) is 56.9. The molecule has 0 amide bonds. The van der Waals surface area contributed by atoms with Gasteiger partial charge in [-0.15, -0.1) is 0 Å². The molecule has 0 N–H and O–H groups in total. The van der Waals surface area contributed by atoms with Crippen LogP contribution < -0.4 is 0 Å². The molecule has 0 saturated carbocycles. The molecule has 0 aliphatic heterocycles. The van der Waals surface area contributed by atoms with Crippen LogP contribution in [0.15, 0.2) is 0 Å². The first-order valence-electron chi connectivity index (χ1n) is 0. The van der Waals surface area contributed by atoms with Crippen molar-refractivity contribution in [3.63, 3.8) is 0 Å². The summed E-state index contributed by atoms with van der Waals surface area (Å²) in [6, 6.07) is 0. The van der Waals surface area contributed by atoms with E-state index >= 15 is 0 Å². The molecule has 0 aliphatic rings. The first-order valence-corrected chi connectivity index (χ1v) is 0. The molecule has 0 rings (SSSR count). The van der Waals surface area contributed by atoms with Crippen molar-refractivity contribution in [1.29, 1.82) is 0 Å². The maximum atomic E-state index is 0. The first-order chi connectivity index (χ1) is 0. The molecule has 0 radical (unpaired) electrons. The van der Waals surface area contributed by atoms with Crippen LogP contribution in [-0.2, 0) is 54.0 Å². The van der Waals surface area contributed by atoms with Gasteiger partial charge in [0.1, 0.15) is 0 Å².